The van der Waals surface area contributed by atoms with Crippen LogP contribution in [0.4, 0.5) is 8.78 Å². The number of hydrogen-bond donors (Lipinski definition) is 3. The minimum Gasteiger partial charge on any atom is -0.341 e. The molecule has 1 amide bonds. The summed E-state index contributed by atoms with van der Waals surface area (Å²) in [6.07, 6.45) is 3.58. The van der Waals surface area contributed by atoms with Crippen molar-refractivity contribution in [1.29, 1.82) is 0 Å². The molecule has 8 unspecified atom stereocenters. The van der Waals surface area contributed by atoms with E-state index in [2.05, 4.69) is 16.2 Å². The van der Waals surface area contributed by atoms with E-state index in [1.54, 1.807) is 0 Å². The number of nitrogens with zero attached hydrogens (tertiary/aromatic N) is 1. The van der Waals surface area contributed by atoms with Crippen LogP contribution in [0.3, 0.4) is 0 Å². The molecule has 5 nitrogen and oxygen atoms in total. The van der Waals surface area contributed by atoms with E-state index in [0.717, 1.165) is 25.4 Å². The minimum absolute atomic E-state index is 0.0400. The molecule has 0 aromatic rings. The lowest BCUT2D eigenvalue weighted by atomic mass is 9.40. The van der Waals surface area contributed by atoms with Gasteiger partial charge in [-0.1, -0.05) is 0 Å². The van der Waals surface area contributed by atoms with Crippen LogP contribution < -0.4 is 16.2 Å². The normalized spacial score (nSPS) is 56.1. The summed E-state index contributed by atoms with van der Waals surface area (Å²) in [4.78, 5) is 15.2. The van der Waals surface area contributed by atoms with Gasteiger partial charge in [-0.05, 0) is 56.3 Å². The van der Waals surface area contributed by atoms with E-state index in [-0.39, 0.29) is 30.3 Å². The van der Waals surface area contributed by atoms with Crippen LogP contribution in [-0.2, 0) is 4.79 Å². The number of piperidine rings is 1. The summed E-state index contributed by atoms with van der Waals surface area (Å²) >= 11 is 0. The lowest BCUT2D eigenvalue weighted by Gasteiger charge is -2.66. The van der Waals surface area contributed by atoms with Crippen molar-refractivity contribution in [3.63, 3.8) is 0 Å². The zero-order chi connectivity index (χ0) is 18.3. The Morgan fingerprint density at radius 1 is 1.00 bits per heavy atom. The Kier molecular flexibility index (Phi) is 3.71. The van der Waals surface area contributed by atoms with Crippen LogP contribution in [0.5, 0.6) is 0 Å². The molecule has 7 fully saturated rings. The molecule has 3 N–H and O–H groups in total. The molecule has 8 atom stereocenters. The first-order valence-corrected chi connectivity index (χ1v) is 10.9. The van der Waals surface area contributed by atoms with Gasteiger partial charge in [-0.2, -0.15) is 0 Å². The van der Waals surface area contributed by atoms with Gasteiger partial charge in [-0.25, -0.2) is 8.78 Å². The molecule has 3 aliphatic heterocycles. The van der Waals surface area contributed by atoms with Crippen molar-refractivity contribution in [1.82, 2.24) is 21.1 Å². The standard InChI is InChI=1S/C20H30F2N4O/c21-13-1-2-14-11(17(13)22)5-16(23-14)19(27)26-4-3-15-12(9-26)18(25-24-15)20-6-10(7-20)8-20/h10-18,23-25H,1-9H2. The van der Waals surface area contributed by atoms with Crippen molar-refractivity contribution in [2.75, 3.05) is 13.1 Å². The van der Waals surface area contributed by atoms with E-state index in [4.69, 9.17) is 0 Å². The molecule has 3 saturated heterocycles. The van der Waals surface area contributed by atoms with Crippen LogP contribution in [0.2, 0.25) is 0 Å². The highest BCUT2D eigenvalue weighted by atomic mass is 19.2. The number of likely N-dealkylation sites (tertiary alicyclic amines) is 1. The maximum absolute atomic E-state index is 14.3. The average molecular weight is 380 g/mol. The summed E-state index contributed by atoms with van der Waals surface area (Å²) in [7, 11) is 0. The fourth-order valence-corrected chi connectivity index (χ4v) is 7.23. The molecule has 0 spiro atoms. The summed E-state index contributed by atoms with van der Waals surface area (Å²) < 4.78 is 28.0. The van der Waals surface area contributed by atoms with Gasteiger partial charge in [0.15, 0.2) is 0 Å². The number of carbonyl (C=O) groups is 1. The highest BCUT2D eigenvalue weighted by molar-refractivity contribution is 5.82. The van der Waals surface area contributed by atoms with Crippen molar-refractivity contribution in [3.05, 3.63) is 0 Å². The van der Waals surface area contributed by atoms with Crippen LogP contribution in [0, 0.1) is 23.2 Å². The first-order valence-electron chi connectivity index (χ1n) is 10.9. The number of nitrogens with one attached hydrogen (secondary N) is 3. The van der Waals surface area contributed by atoms with Gasteiger partial charge in [-0.3, -0.25) is 15.6 Å². The van der Waals surface area contributed by atoms with Gasteiger partial charge < -0.3 is 10.2 Å². The third kappa shape index (κ3) is 2.40. The van der Waals surface area contributed by atoms with Crippen LogP contribution in [0.15, 0.2) is 0 Å². The Bertz CT molecular complexity index is 630. The van der Waals surface area contributed by atoms with Crippen molar-refractivity contribution >= 4 is 5.91 Å². The van der Waals surface area contributed by atoms with E-state index in [1.165, 1.54) is 19.3 Å². The molecule has 27 heavy (non-hydrogen) atoms. The highest BCUT2D eigenvalue weighted by Crippen LogP contribution is 2.67. The fraction of sp³-hybridized carbons (Fsp3) is 0.950. The van der Waals surface area contributed by atoms with Crippen LogP contribution in [0.25, 0.3) is 0 Å². The Morgan fingerprint density at radius 3 is 2.56 bits per heavy atom. The van der Waals surface area contributed by atoms with Crippen molar-refractivity contribution in [3.8, 4) is 0 Å². The lowest BCUT2D eigenvalue weighted by Crippen LogP contribution is -2.65. The maximum atomic E-state index is 14.3. The van der Waals surface area contributed by atoms with E-state index < -0.39 is 12.3 Å². The number of carbonyl (C=O) groups excluding carboxylic acids is 1. The molecule has 7 rings (SSSR count). The number of fused-ring (bicyclic) bond motifs is 2. The monoisotopic (exact) mass is 380 g/mol. The number of amides is 1. The maximum Gasteiger partial charge on any atom is 0.239 e. The van der Waals surface area contributed by atoms with Crippen LogP contribution >= 0.6 is 0 Å². The van der Waals surface area contributed by atoms with Crippen molar-refractivity contribution in [2.45, 2.75) is 81.5 Å². The van der Waals surface area contributed by atoms with Gasteiger partial charge in [0.05, 0.1) is 6.04 Å². The van der Waals surface area contributed by atoms with Crippen LogP contribution in [0.1, 0.15) is 44.9 Å². The fourth-order valence-electron chi connectivity index (χ4n) is 7.23. The Morgan fingerprint density at radius 2 is 1.81 bits per heavy atom. The molecule has 7 heteroatoms. The third-order valence-corrected chi connectivity index (χ3v) is 8.81. The van der Waals surface area contributed by atoms with Gasteiger partial charge in [0, 0.05) is 43.1 Å². The Balaban J connectivity index is 1.13. The minimum atomic E-state index is -1.42. The molecule has 0 radical (unpaired) electrons. The average Bonchev–Trinajstić information content (AvgIpc) is 3.20. The quantitative estimate of drug-likeness (QED) is 0.676. The number of halogens is 2. The summed E-state index contributed by atoms with van der Waals surface area (Å²) in [5, 5.41) is 3.34. The second kappa shape index (κ2) is 5.86. The van der Waals surface area contributed by atoms with Gasteiger partial charge >= 0.3 is 0 Å². The Hall–Kier alpha value is -0.790. The molecule has 7 aliphatic rings. The molecule has 4 saturated carbocycles. The number of alkyl halides is 2. The zero-order valence-corrected chi connectivity index (χ0v) is 15.7. The molecular weight excluding hydrogens is 350 g/mol. The molecule has 4 aliphatic carbocycles. The van der Waals surface area contributed by atoms with E-state index >= 15 is 0 Å². The lowest BCUT2D eigenvalue weighted by molar-refractivity contribution is -0.148. The first-order chi connectivity index (χ1) is 13.0. The van der Waals surface area contributed by atoms with Gasteiger partial charge in [0.2, 0.25) is 5.91 Å². The highest BCUT2D eigenvalue weighted by Gasteiger charge is 2.64. The number of hydrogen-bond acceptors (Lipinski definition) is 4. The molecule has 0 aromatic heterocycles. The summed E-state index contributed by atoms with van der Waals surface area (Å²) in [6.45, 7) is 1.55. The van der Waals surface area contributed by atoms with Gasteiger partial charge in [-0.15, -0.1) is 0 Å². The molecular formula is C20H30F2N4O. The number of hydrazine groups is 1. The van der Waals surface area contributed by atoms with E-state index in [0.29, 0.717) is 36.3 Å². The molecule has 3 heterocycles. The smallest absolute Gasteiger partial charge is 0.239 e. The van der Waals surface area contributed by atoms with Crippen molar-refractivity contribution < 1.29 is 13.6 Å². The van der Waals surface area contributed by atoms with Gasteiger partial charge in [0.25, 0.3) is 0 Å². The zero-order valence-electron chi connectivity index (χ0n) is 15.7. The van der Waals surface area contributed by atoms with E-state index in [9.17, 15) is 13.6 Å². The molecule has 0 aromatic carbocycles. The third-order valence-electron chi connectivity index (χ3n) is 8.81. The summed E-state index contributed by atoms with van der Waals surface area (Å²) in [5.41, 5.74) is 7.53. The van der Waals surface area contributed by atoms with Gasteiger partial charge in [0.1, 0.15) is 12.3 Å². The van der Waals surface area contributed by atoms with Crippen LogP contribution in [-0.4, -0.2) is 60.4 Å². The molecule has 150 valence electrons. The van der Waals surface area contributed by atoms with Crippen molar-refractivity contribution in [2.24, 2.45) is 23.2 Å². The predicted molar refractivity (Wildman–Crippen MR) is 96.2 cm³/mol. The predicted octanol–water partition coefficient (Wildman–Crippen LogP) is 1.30. The van der Waals surface area contributed by atoms with E-state index in [1.807, 2.05) is 4.90 Å². The second-order valence-electron chi connectivity index (χ2n) is 10.2. The summed E-state index contributed by atoms with van der Waals surface area (Å²) in [5.74, 6) is 1.18. The molecule has 2 bridgehead atoms. The number of rotatable bonds is 2. The SMILES string of the molecule is O=C(C1CC2C(CCC(F)C2F)N1)N1CCC2NNC(C34CC(C3)C4)C2C1. The Labute approximate surface area is 159 Å². The largest absolute Gasteiger partial charge is 0.341 e. The second-order valence-corrected chi connectivity index (χ2v) is 10.2. The first kappa shape index (κ1) is 17.1. The topological polar surface area (TPSA) is 56.4 Å². The summed E-state index contributed by atoms with van der Waals surface area (Å²) in [6, 6.07) is 0.553.